The van der Waals surface area contributed by atoms with Crippen LogP contribution in [0, 0.1) is 10.1 Å². The smallest absolute Gasteiger partial charge is 0.363 e. The van der Waals surface area contributed by atoms with Crippen LogP contribution in [-0.4, -0.2) is 30.8 Å². The summed E-state index contributed by atoms with van der Waals surface area (Å²) in [6.07, 6.45) is 2.47. The van der Waals surface area contributed by atoms with Crippen molar-refractivity contribution < 1.29 is 14.8 Å². The number of carbonyl (C=O) groups is 1. The van der Waals surface area contributed by atoms with E-state index in [0.717, 1.165) is 10.9 Å². The van der Waals surface area contributed by atoms with Crippen molar-refractivity contribution in [2.45, 2.75) is 0 Å². The lowest BCUT2D eigenvalue weighted by atomic mass is 10.4. The molecule has 8 nitrogen and oxygen atoms in total. The van der Waals surface area contributed by atoms with Crippen LogP contribution in [0.15, 0.2) is 27.4 Å². The molecule has 98 valence electrons. The van der Waals surface area contributed by atoms with Gasteiger partial charge in [-0.1, -0.05) is 0 Å². The summed E-state index contributed by atoms with van der Waals surface area (Å²) in [4.78, 5) is 24.9. The Labute approximate surface area is 122 Å². The predicted octanol–water partition coefficient (Wildman–Crippen LogP) is 2.40. The Morgan fingerprint density at radius 1 is 1.47 bits per heavy atom. The van der Waals surface area contributed by atoms with Crippen molar-refractivity contribution in [2.24, 2.45) is 0 Å². The maximum Gasteiger partial charge on any atom is 0.363 e. The highest BCUT2D eigenvalue weighted by Gasteiger charge is 2.26. The van der Waals surface area contributed by atoms with E-state index in [2.05, 4.69) is 41.9 Å². The number of pyridine rings is 1. The van der Waals surface area contributed by atoms with Crippen LogP contribution in [0.5, 0.6) is 0 Å². The van der Waals surface area contributed by atoms with E-state index in [0.29, 0.717) is 8.95 Å². The van der Waals surface area contributed by atoms with Gasteiger partial charge in [-0.3, -0.25) is 10.1 Å². The highest BCUT2D eigenvalue weighted by Crippen LogP contribution is 2.25. The molecule has 0 aliphatic carbocycles. The van der Waals surface area contributed by atoms with Gasteiger partial charge in [0.2, 0.25) is 5.69 Å². The summed E-state index contributed by atoms with van der Waals surface area (Å²) in [5.41, 5.74) is -1.23. The van der Waals surface area contributed by atoms with Crippen LogP contribution < -0.4 is 0 Å². The van der Waals surface area contributed by atoms with Crippen LogP contribution in [0.1, 0.15) is 10.5 Å². The second-order valence-electron chi connectivity index (χ2n) is 3.33. The molecule has 2 heterocycles. The largest absolute Gasteiger partial charge is 0.476 e. The van der Waals surface area contributed by atoms with E-state index in [1.54, 1.807) is 6.07 Å². The van der Waals surface area contributed by atoms with Gasteiger partial charge in [0.1, 0.15) is 6.20 Å². The lowest BCUT2D eigenvalue weighted by Crippen LogP contribution is -2.04. The average molecular weight is 392 g/mol. The van der Waals surface area contributed by atoms with Gasteiger partial charge < -0.3 is 5.11 Å². The molecule has 0 saturated heterocycles. The number of carboxylic acids is 1. The van der Waals surface area contributed by atoms with E-state index < -0.39 is 22.3 Å². The summed E-state index contributed by atoms with van der Waals surface area (Å²) in [5, 5.41) is 23.3. The molecule has 0 spiro atoms. The van der Waals surface area contributed by atoms with Gasteiger partial charge in [0.15, 0.2) is 5.82 Å². The minimum absolute atomic E-state index is 0.249. The topological polar surface area (TPSA) is 111 Å². The molecule has 0 radical (unpaired) electrons. The van der Waals surface area contributed by atoms with Gasteiger partial charge in [0.05, 0.1) is 9.40 Å². The third-order valence-corrected chi connectivity index (χ3v) is 3.12. The SMILES string of the molecule is O=C(O)c1nn(-c2ncc(Br)cc2Br)cc1[N+](=O)[O-]. The minimum Gasteiger partial charge on any atom is -0.476 e. The lowest BCUT2D eigenvalue weighted by molar-refractivity contribution is -0.385. The summed E-state index contributed by atoms with van der Waals surface area (Å²) in [5.74, 6) is -1.22. The molecule has 19 heavy (non-hydrogen) atoms. The van der Waals surface area contributed by atoms with E-state index in [-0.39, 0.29) is 5.82 Å². The maximum absolute atomic E-state index is 10.9. The summed E-state index contributed by atoms with van der Waals surface area (Å²) < 4.78 is 2.25. The molecule has 2 aromatic heterocycles. The Balaban J connectivity index is 2.60. The third kappa shape index (κ3) is 2.63. The Bertz CT molecular complexity index is 653. The van der Waals surface area contributed by atoms with Crippen LogP contribution >= 0.6 is 31.9 Å². The molecular formula is C9H4Br2N4O4. The normalized spacial score (nSPS) is 10.4. The average Bonchev–Trinajstić information content (AvgIpc) is 2.73. The van der Waals surface area contributed by atoms with Crippen molar-refractivity contribution >= 4 is 43.5 Å². The highest BCUT2D eigenvalue weighted by atomic mass is 79.9. The summed E-state index contributed by atoms with van der Waals surface area (Å²) in [7, 11) is 0. The van der Waals surface area contributed by atoms with Gasteiger partial charge in [-0.2, -0.15) is 5.10 Å². The van der Waals surface area contributed by atoms with E-state index in [9.17, 15) is 14.9 Å². The van der Waals surface area contributed by atoms with Gasteiger partial charge in [-0.15, -0.1) is 0 Å². The van der Waals surface area contributed by atoms with Crippen molar-refractivity contribution in [3.63, 3.8) is 0 Å². The molecule has 2 rings (SSSR count). The fraction of sp³-hybridized carbons (Fsp3) is 0. The molecule has 0 bridgehead atoms. The minimum atomic E-state index is -1.47. The zero-order chi connectivity index (χ0) is 14.2. The fourth-order valence-electron chi connectivity index (χ4n) is 1.34. The van der Waals surface area contributed by atoms with Crippen molar-refractivity contribution in [2.75, 3.05) is 0 Å². The molecule has 1 N–H and O–H groups in total. The molecule has 0 aliphatic heterocycles. The fourth-order valence-corrected chi connectivity index (χ4v) is 2.50. The highest BCUT2D eigenvalue weighted by molar-refractivity contribution is 9.11. The first-order valence-corrected chi connectivity index (χ1v) is 6.27. The van der Waals surface area contributed by atoms with Crippen molar-refractivity contribution in [3.05, 3.63) is 43.2 Å². The summed E-state index contributed by atoms with van der Waals surface area (Å²) in [6, 6.07) is 1.66. The molecule has 0 saturated carbocycles. The molecule has 0 unspecified atom stereocenters. The van der Waals surface area contributed by atoms with Gasteiger partial charge in [-0.05, 0) is 37.9 Å². The third-order valence-electron chi connectivity index (χ3n) is 2.10. The molecular weight excluding hydrogens is 388 g/mol. The van der Waals surface area contributed by atoms with Crippen LogP contribution in [0.3, 0.4) is 0 Å². The number of aromatic carboxylic acids is 1. The Morgan fingerprint density at radius 3 is 2.63 bits per heavy atom. The van der Waals surface area contributed by atoms with Crippen molar-refractivity contribution in [1.82, 2.24) is 14.8 Å². The number of nitrogens with zero attached hydrogens (tertiary/aromatic N) is 4. The molecule has 0 amide bonds. The zero-order valence-electron chi connectivity index (χ0n) is 8.95. The maximum atomic E-state index is 10.9. The number of nitro groups is 1. The van der Waals surface area contributed by atoms with Gasteiger partial charge in [0.25, 0.3) is 0 Å². The first kappa shape index (κ1) is 13.6. The predicted molar refractivity (Wildman–Crippen MR) is 70.4 cm³/mol. The molecule has 0 aliphatic rings. The summed E-state index contributed by atoms with van der Waals surface area (Å²) >= 11 is 6.43. The molecule has 2 aromatic rings. The monoisotopic (exact) mass is 390 g/mol. The van der Waals surface area contributed by atoms with E-state index >= 15 is 0 Å². The Hall–Kier alpha value is -1.81. The van der Waals surface area contributed by atoms with Crippen LogP contribution in [0.4, 0.5) is 5.69 Å². The standard InChI is InChI=1S/C9H4Br2N4O4/c10-4-1-5(11)8(12-2-4)14-3-6(15(18)19)7(13-14)9(16)17/h1-3H,(H,16,17). The second kappa shape index (κ2) is 5.05. The van der Waals surface area contributed by atoms with E-state index in [1.807, 2.05) is 0 Å². The van der Waals surface area contributed by atoms with Gasteiger partial charge >= 0.3 is 11.7 Å². The number of hydrogen-bond acceptors (Lipinski definition) is 5. The van der Waals surface area contributed by atoms with Crippen molar-refractivity contribution in [3.8, 4) is 5.82 Å². The summed E-state index contributed by atoms with van der Waals surface area (Å²) in [6.45, 7) is 0. The number of halogens is 2. The van der Waals surface area contributed by atoms with Gasteiger partial charge in [-0.25, -0.2) is 14.5 Å². The van der Waals surface area contributed by atoms with Gasteiger partial charge in [0, 0.05) is 10.7 Å². The van der Waals surface area contributed by atoms with E-state index in [1.165, 1.54) is 6.20 Å². The Kier molecular flexibility index (Phi) is 3.62. The number of aromatic nitrogens is 3. The quantitative estimate of drug-likeness (QED) is 0.635. The zero-order valence-corrected chi connectivity index (χ0v) is 12.1. The Morgan fingerprint density at radius 2 is 2.16 bits per heavy atom. The van der Waals surface area contributed by atoms with E-state index in [4.69, 9.17) is 5.11 Å². The first-order chi connectivity index (χ1) is 8.90. The molecule has 10 heteroatoms. The second-order valence-corrected chi connectivity index (χ2v) is 5.10. The van der Waals surface area contributed by atoms with Crippen LogP contribution in [0.2, 0.25) is 0 Å². The molecule has 0 fully saturated rings. The molecule has 0 aromatic carbocycles. The molecule has 0 atom stereocenters. The van der Waals surface area contributed by atoms with Crippen LogP contribution in [-0.2, 0) is 0 Å². The number of carboxylic acid groups (broad SMARTS) is 1. The van der Waals surface area contributed by atoms with Crippen molar-refractivity contribution in [1.29, 1.82) is 0 Å². The number of rotatable bonds is 3. The van der Waals surface area contributed by atoms with Crippen LogP contribution in [0.25, 0.3) is 5.82 Å². The lowest BCUT2D eigenvalue weighted by Gasteiger charge is -2.02. The number of hydrogen-bond donors (Lipinski definition) is 1. The first-order valence-electron chi connectivity index (χ1n) is 4.69.